The maximum Gasteiger partial charge on any atom is 0.210 e. The first-order valence-corrected chi connectivity index (χ1v) is 8.51. The second-order valence-corrected chi connectivity index (χ2v) is 6.43. The summed E-state index contributed by atoms with van der Waals surface area (Å²) in [4.78, 5) is 4.43. The third kappa shape index (κ3) is 2.83. The highest BCUT2D eigenvalue weighted by Crippen LogP contribution is 2.26. The zero-order valence-corrected chi connectivity index (χ0v) is 14.0. The summed E-state index contributed by atoms with van der Waals surface area (Å²) in [6.45, 7) is 0. The monoisotopic (exact) mass is 357 g/mol. The lowest BCUT2D eigenvalue weighted by molar-refractivity contribution is 0.556. The average molecular weight is 358 g/mol. The standard InChI is InChI=1S/C16H12ClN5OS/c17-11-5-3-4-10(8-11)15-20-21-16(22(15)18)24-9-14-19-12-6-1-2-7-13(12)23-14/h1-8H,9,18H2. The van der Waals surface area contributed by atoms with Gasteiger partial charge >= 0.3 is 0 Å². The first-order valence-electron chi connectivity index (χ1n) is 7.14. The largest absolute Gasteiger partial charge is 0.440 e. The summed E-state index contributed by atoms with van der Waals surface area (Å²) in [5, 5.41) is 9.47. The molecule has 0 amide bonds. The van der Waals surface area contributed by atoms with Crippen molar-refractivity contribution in [3.63, 3.8) is 0 Å². The fraction of sp³-hybridized carbons (Fsp3) is 0.0625. The number of para-hydroxylation sites is 2. The molecule has 2 heterocycles. The fourth-order valence-corrected chi connectivity index (χ4v) is 3.20. The third-order valence-corrected chi connectivity index (χ3v) is 4.57. The van der Waals surface area contributed by atoms with Gasteiger partial charge in [-0.25, -0.2) is 9.66 Å². The Balaban J connectivity index is 1.55. The van der Waals surface area contributed by atoms with Crippen molar-refractivity contribution in [1.82, 2.24) is 19.9 Å². The molecule has 0 saturated carbocycles. The van der Waals surface area contributed by atoms with Gasteiger partial charge in [0.05, 0.1) is 5.75 Å². The molecule has 24 heavy (non-hydrogen) atoms. The number of hydrogen-bond donors (Lipinski definition) is 1. The SMILES string of the molecule is Nn1c(SCc2nc3ccccc3o2)nnc1-c1cccc(Cl)c1. The van der Waals surface area contributed by atoms with Crippen molar-refractivity contribution in [3.8, 4) is 11.4 Å². The Hall–Kier alpha value is -2.51. The normalized spacial score (nSPS) is 11.2. The first kappa shape index (κ1) is 15.0. The van der Waals surface area contributed by atoms with Crippen molar-refractivity contribution in [2.24, 2.45) is 0 Å². The topological polar surface area (TPSA) is 82.8 Å². The van der Waals surface area contributed by atoms with E-state index in [0.29, 0.717) is 27.6 Å². The summed E-state index contributed by atoms with van der Waals surface area (Å²) in [5.74, 6) is 7.79. The van der Waals surface area contributed by atoms with Crippen molar-refractivity contribution < 1.29 is 4.42 Å². The summed E-state index contributed by atoms with van der Waals surface area (Å²) in [6.07, 6.45) is 0. The number of benzene rings is 2. The quantitative estimate of drug-likeness (QED) is 0.442. The van der Waals surface area contributed by atoms with Crippen LogP contribution < -0.4 is 5.84 Å². The van der Waals surface area contributed by atoms with Crippen LogP contribution in [-0.2, 0) is 5.75 Å². The molecule has 8 heteroatoms. The Morgan fingerprint density at radius 3 is 2.83 bits per heavy atom. The molecule has 4 rings (SSSR count). The number of fused-ring (bicyclic) bond motifs is 1. The smallest absolute Gasteiger partial charge is 0.210 e. The van der Waals surface area contributed by atoms with E-state index in [9.17, 15) is 0 Å². The second kappa shape index (κ2) is 6.18. The molecule has 6 nitrogen and oxygen atoms in total. The molecule has 2 N–H and O–H groups in total. The predicted molar refractivity (Wildman–Crippen MR) is 94.2 cm³/mol. The van der Waals surface area contributed by atoms with Gasteiger partial charge in [0, 0.05) is 10.6 Å². The molecule has 0 aliphatic heterocycles. The molecule has 4 aromatic rings. The van der Waals surface area contributed by atoms with Gasteiger partial charge in [-0.3, -0.25) is 0 Å². The summed E-state index contributed by atoms with van der Waals surface area (Å²) in [5.41, 5.74) is 2.41. The Labute approximate surface area is 146 Å². The third-order valence-electron chi connectivity index (χ3n) is 3.41. The lowest BCUT2D eigenvalue weighted by Gasteiger charge is -2.03. The van der Waals surface area contributed by atoms with Gasteiger partial charge in [-0.2, -0.15) is 0 Å². The van der Waals surface area contributed by atoms with Crippen molar-refractivity contribution >= 4 is 34.5 Å². The zero-order valence-electron chi connectivity index (χ0n) is 12.4. The molecule has 0 bridgehead atoms. The second-order valence-electron chi connectivity index (χ2n) is 5.05. The van der Waals surface area contributed by atoms with Crippen LogP contribution in [0.25, 0.3) is 22.5 Å². The van der Waals surface area contributed by atoms with Crippen LogP contribution in [0, 0.1) is 0 Å². The van der Waals surface area contributed by atoms with E-state index in [2.05, 4.69) is 15.2 Å². The van der Waals surface area contributed by atoms with E-state index in [1.807, 2.05) is 36.4 Å². The molecule has 120 valence electrons. The maximum absolute atomic E-state index is 6.10. The van der Waals surface area contributed by atoms with Gasteiger partial charge in [0.15, 0.2) is 11.4 Å². The van der Waals surface area contributed by atoms with Crippen LogP contribution in [0.4, 0.5) is 0 Å². The average Bonchev–Trinajstić information content (AvgIpc) is 3.16. The summed E-state index contributed by atoms with van der Waals surface area (Å²) >= 11 is 7.42. The molecule has 0 saturated heterocycles. The molecule has 2 aromatic carbocycles. The van der Waals surface area contributed by atoms with Gasteiger partial charge in [0.2, 0.25) is 11.0 Å². The summed E-state index contributed by atoms with van der Waals surface area (Å²) in [7, 11) is 0. The number of oxazole rings is 1. The number of aromatic nitrogens is 4. The van der Waals surface area contributed by atoms with Crippen molar-refractivity contribution in [2.45, 2.75) is 10.9 Å². The number of halogens is 1. The molecule has 0 radical (unpaired) electrons. The minimum atomic E-state index is 0.513. The van der Waals surface area contributed by atoms with Crippen LogP contribution in [0.2, 0.25) is 5.02 Å². The van der Waals surface area contributed by atoms with Crippen molar-refractivity contribution in [3.05, 3.63) is 59.4 Å². The molecule has 0 fully saturated rings. The summed E-state index contributed by atoms with van der Waals surface area (Å²) in [6, 6.07) is 15.0. The Morgan fingerprint density at radius 1 is 1.12 bits per heavy atom. The van der Waals surface area contributed by atoms with Crippen LogP contribution in [0.5, 0.6) is 0 Å². The van der Waals surface area contributed by atoms with E-state index in [1.165, 1.54) is 16.4 Å². The highest BCUT2D eigenvalue weighted by atomic mass is 35.5. The molecule has 0 spiro atoms. The lowest BCUT2D eigenvalue weighted by atomic mass is 10.2. The van der Waals surface area contributed by atoms with Crippen molar-refractivity contribution in [2.75, 3.05) is 5.84 Å². The maximum atomic E-state index is 6.10. The Bertz CT molecular complexity index is 980. The van der Waals surface area contributed by atoms with Gasteiger partial charge in [-0.15, -0.1) is 10.2 Å². The molecule has 0 aliphatic carbocycles. The van der Waals surface area contributed by atoms with E-state index >= 15 is 0 Å². The molecule has 0 aliphatic rings. The van der Waals surface area contributed by atoms with E-state index in [-0.39, 0.29) is 0 Å². The van der Waals surface area contributed by atoms with Crippen LogP contribution >= 0.6 is 23.4 Å². The first-order chi connectivity index (χ1) is 11.7. The van der Waals surface area contributed by atoms with Gasteiger partial charge in [0.25, 0.3) is 0 Å². The number of hydrogen-bond acceptors (Lipinski definition) is 6. The number of rotatable bonds is 4. The molecular weight excluding hydrogens is 346 g/mol. The number of thioether (sulfide) groups is 1. The molecule has 2 aromatic heterocycles. The lowest BCUT2D eigenvalue weighted by Crippen LogP contribution is -2.11. The molecule has 0 unspecified atom stereocenters. The van der Waals surface area contributed by atoms with E-state index in [4.69, 9.17) is 21.9 Å². The molecule has 0 atom stereocenters. The van der Waals surface area contributed by atoms with Gasteiger partial charge in [-0.1, -0.05) is 47.6 Å². The van der Waals surface area contributed by atoms with Crippen LogP contribution in [0.15, 0.2) is 58.1 Å². The predicted octanol–water partition coefficient (Wildman–Crippen LogP) is 3.75. The number of nitrogens with zero attached hydrogens (tertiary/aromatic N) is 4. The van der Waals surface area contributed by atoms with E-state index < -0.39 is 0 Å². The Kier molecular flexibility index (Phi) is 3.87. The van der Waals surface area contributed by atoms with Gasteiger partial charge < -0.3 is 10.3 Å². The van der Waals surface area contributed by atoms with Gasteiger partial charge in [-0.05, 0) is 24.3 Å². The van der Waals surface area contributed by atoms with Crippen LogP contribution in [0.3, 0.4) is 0 Å². The highest BCUT2D eigenvalue weighted by molar-refractivity contribution is 7.98. The fourth-order valence-electron chi connectivity index (χ4n) is 2.31. The van der Waals surface area contributed by atoms with Crippen LogP contribution in [0.1, 0.15) is 5.89 Å². The zero-order chi connectivity index (χ0) is 16.5. The highest BCUT2D eigenvalue weighted by Gasteiger charge is 2.14. The van der Waals surface area contributed by atoms with E-state index in [1.54, 1.807) is 12.1 Å². The Morgan fingerprint density at radius 2 is 2.00 bits per heavy atom. The van der Waals surface area contributed by atoms with E-state index in [0.717, 1.165) is 16.7 Å². The van der Waals surface area contributed by atoms with Crippen LogP contribution in [-0.4, -0.2) is 19.9 Å². The number of nitrogen functional groups attached to an aromatic ring is 1. The minimum absolute atomic E-state index is 0.513. The summed E-state index contributed by atoms with van der Waals surface area (Å²) < 4.78 is 7.13. The van der Waals surface area contributed by atoms with Gasteiger partial charge in [0.1, 0.15) is 5.52 Å². The van der Waals surface area contributed by atoms with Crippen molar-refractivity contribution in [1.29, 1.82) is 0 Å². The number of nitrogens with two attached hydrogens (primary N) is 1. The minimum Gasteiger partial charge on any atom is -0.440 e. The molecular formula is C16H12ClN5OS.